The van der Waals surface area contributed by atoms with Crippen molar-refractivity contribution in [2.45, 2.75) is 24.5 Å². The van der Waals surface area contributed by atoms with Crippen LogP contribution in [-0.2, 0) is 4.74 Å². The van der Waals surface area contributed by atoms with Crippen LogP contribution in [-0.4, -0.2) is 44.8 Å². The predicted molar refractivity (Wildman–Crippen MR) is 64.9 cm³/mol. The van der Waals surface area contributed by atoms with E-state index in [1.807, 2.05) is 0 Å². The fraction of sp³-hybridized carbons (Fsp3) is 0.385. The molecule has 102 valence electrons. The first-order valence-corrected chi connectivity index (χ1v) is 6.00. The van der Waals surface area contributed by atoms with Crippen molar-refractivity contribution in [1.82, 2.24) is 4.57 Å². The predicted octanol–water partition coefficient (Wildman–Crippen LogP) is 0.392. The minimum atomic E-state index is -1.17. The maximum absolute atomic E-state index is 13.3. The molecular weight excluding hydrogens is 253 g/mol. The van der Waals surface area contributed by atoms with E-state index in [2.05, 4.69) is 0 Å². The highest BCUT2D eigenvalue weighted by atomic mass is 19.1. The third-order valence-corrected chi connectivity index (χ3v) is 3.48. The van der Waals surface area contributed by atoms with E-state index in [1.54, 1.807) is 22.9 Å². The molecule has 2 heterocycles. The van der Waals surface area contributed by atoms with Crippen LogP contribution in [0.4, 0.5) is 4.39 Å². The smallest absolute Gasteiger partial charge is 0.163 e. The molecule has 4 atom stereocenters. The molecule has 0 saturated carbocycles. The Kier molecular flexibility index (Phi) is 3.02. The number of hydrogen-bond donors (Lipinski definition) is 3. The zero-order valence-electron chi connectivity index (χ0n) is 9.98. The lowest BCUT2D eigenvalue weighted by Crippen LogP contribution is -2.33. The number of fused-ring (bicyclic) bond motifs is 1. The van der Waals surface area contributed by atoms with E-state index in [-0.39, 0.29) is 12.4 Å². The number of hydrogen-bond acceptors (Lipinski definition) is 4. The molecule has 1 fully saturated rings. The van der Waals surface area contributed by atoms with Gasteiger partial charge in [-0.15, -0.1) is 0 Å². The van der Waals surface area contributed by atoms with Crippen molar-refractivity contribution in [1.29, 1.82) is 0 Å². The van der Waals surface area contributed by atoms with E-state index < -0.39 is 24.5 Å². The van der Waals surface area contributed by atoms with Crippen LogP contribution in [0.1, 0.15) is 6.23 Å². The molecule has 3 N–H and O–H groups in total. The first-order valence-electron chi connectivity index (χ1n) is 6.00. The van der Waals surface area contributed by atoms with Crippen molar-refractivity contribution in [3.63, 3.8) is 0 Å². The zero-order chi connectivity index (χ0) is 13.6. The third kappa shape index (κ3) is 1.93. The van der Waals surface area contributed by atoms with Gasteiger partial charge in [0.2, 0.25) is 0 Å². The van der Waals surface area contributed by atoms with Gasteiger partial charge in [0.1, 0.15) is 24.1 Å². The summed E-state index contributed by atoms with van der Waals surface area (Å²) in [5.41, 5.74) is 0.565. The summed E-state index contributed by atoms with van der Waals surface area (Å²) in [4.78, 5) is 0. The number of aliphatic hydroxyl groups is 3. The van der Waals surface area contributed by atoms with Gasteiger partial charge in [0, 0.05) is 6.20 Å². The number of aliphatic hydroxyl groups excluding tert-OH is 3. The Labute approximate surface area is 108 Å². The monoisotopic (exact) mass is 267 g/mol. The van der Waals surface area contributed by atoms with Crippen molar-refractivity contribution < 1.29 is 24.4 Å². The fourth-order valence-corrected chi connectivity index (χ4v) is 2.45. The lowest BCUT2D eigenvalue weighted by atomic mass is 10.1. The Morgan fingerprint density at radius 3 is 2.68 bits per heavy atom. The van der Waals surface area contributed by atoms with Gasteiger partial charge in [-0.3, -0.25) is 0 Å². The minimum absolute atomic E-state index is 0.387. The van der Waals surface area contributed by atoms with Crippen LogP contribution in [0.25, 0.3) is 10.9 Å². The molecule has 0 unspecified atom stereocenters. The van der Waals surface area contributed by atoms with Crippen molar-refractivity contribution in [3.8, 4) is 0 Å². The Hall–Kier alpha value is -1.47. The quantitative estimate of drug-likeness (QED) is 0.736. The molecule has 1 aromatic carbocycles. The van der Waals surface area contributed by atoms with Gasteiger partial charge in [-0.2, -0.15) is 0 Å². The summed E-state index contributed by atoms with van der Waals surface area (Å²) >= 11 is 0. The summed E-state index contributed by atoms with van der Waals surface area (Å²) < 4.78 is 20.3. The van der Waals surface area contributed by atoms with Crippen LogP contribution in [0.2, 0.25) is 0 Å². The highest BCUT2D eigenvalue weighted by molar-refractivity contribution is 5.80. The molecule has 6 heteroatoms. The lowest BCUT2D eigenvalue weighted by Gasteiger charge is -2.17. The molecule has 3 rings (SSSR count). The second kappa shape index (κ2) is 4.57. The van der Waals surface area contributed by atoms with Crippen LogP contribution in [0.3, 0.4) is 0 Å². The molecule has 19 heavy (non-hydrogen) atoms. The summed E-state index contributed by atoms with van der Waals surface area (Å²) in [6.07, 6.45) is -2.36. The SMILES string of the molecule is OC[C@H]1O[C@@H](n2ccc3ccc(F)cc32)[C@H](O)[C@@H]1O. The van der Waals surface area contributed by atoms with Gasteiger partial charge in [0.15, 0.2) is 6.23 Å². The summed E-state index contributed by atoms with van der Waals surface area (Å²) in [6, 6.07) is 6.08. The van der Waals surface area contributed by atoms with Crippen LogP contribution in [0, 0.1) is 5.82 Å². The van der Waals surface area contributed by atoms with E-state index in [4.69, 9.17) is 9.84 Å². The maximum Gasteiger partial charge on any atom is 0.163 e. The summed E-state index contributed by atoms with van der Waals surface area (Å²) in [6.45, 7) is -0.387. The van der Waals surface area contributed by atoms with Gasteiger partial charge in [-0.25, -0.2) is 4.39 Å². The molecular formula is C13H14FNO4. The van der Waals surface area contributed by atoms with Gasteiger partial charge in [0.25, 0.3) is 0 Å². The molecule has 0 bridgehead atoms. The highest BCUT2D eigenvalue weighted by Gasteiger charge is 2.43. The Balaban J connectivity index is 2.03. The van der Waals surface area contributed by atoms with Crippen molar-refractivity contribution in [2.24, 2.45) is 0 Å². The van der Waals surface area contributed by atoms with E-state index in [1.165, 1.54) is 12.1 Å². The number of benzene rings is 1. The Morgan fingerprint density at radius 2 is 2.00 bits per heavy atom. The van der Waals surface area contributed by atoms with Crippen molar-refractivity contribution >= 4 is 10.9 Å². The number of ether oxygens (including phenoxy) is 1. The topological polar surface area (TPSA) is 74.9 Å². The molecule has 0 amide bonds. The van der Waals surface area contributed by atoms with Crippen LogP contribution >= 0.6 is 0 Å². The average Bonchev–Trinajstić information content (AvgIpc) is 2.92. The molecule has 2 aromatic rings. The molecule has 1 aliphatic rings. The lowest BCUT2D eigenvalue weighted by molar-refractivity contribution is -0.0506. The second-order valence-electron chi connectivity index (χ2n) is 4.66. The molecule has 0 spiro atoms. The van der Waals surface area contributed by atoms with Gasteiger partial charge >= 0.3 is 0 Å². The van der Waals surface area contributed by atoms with Crippen molar-refractivity contribution in [3.05, 3.63) is 36.3 Å². The Morgan fingerprint density at radius 1 is 1.21 bits per heavy atom. The number of halogens is 1. The van der Waals surface area contributed by atoms with E-state index in [0.29, 0.717) is 5.52 Å². The standard InChI is InChI=1S/C13H14FNO4/c14-8-2-1-7-3-4-15(9(7)5-8)13-12(18)11(17)10(6-16)19-13/h1-5,10-13,16-18H,6H2/t10-,11-,12-,13-/m1/s1. The number of rotatable bonds is 2. The molecule has 5 nitrogen and oxygen atoms in total. The zero-order valence-corrected chi connectivity index (χ0v) is 9.98. The fourth-order valence-electron chi connectivity index (χ4n) is 2.45. The van der Waals surface area contributed by atoms with Gasteiger partial charge < -0.3 is 24.6 Å². The maximum atomic E-state index is 13.3. The summed E-state index contributed by atoms with van der Waals surface area (Å²) in [5.74, 6) is -0.390. The van der Waals surface area contributed by atoms with Crippen LogP contribution in [0.15, 0.2) is 30.5 Å². The number of aromatic nitrogens is 1. The molecule has 1 saturated heterocycles. The molecule has 0 aliphatic carbocycles. The van der Waals surface area contributed by atoms with Gasteiger partial charge in [-0.1, -0.05) is 0 Å². The Bertz CT molecular complexity index is 599. The minimum Gasteiger partial charge on any atom is -0.394 e. The van der Waals surface area contributed by atoms with Crippen LogP contribution < -0.4 is 0 Å². The third-order valence-electron chi connectivity index (χ3n) is 3.48. The van der Waals surface area contributed by atoms with Gasteiger partial charge in [-0.05, 0) is 29.7 Å². The van der Waals surface area contributed by atoms with Gasteiger partial charge in [0.05, 0.1) is 12.1 Å². The van der Waals surface area contributed by atoms with Crippen LogP contribution in [0.5, 0.6) is 0 Å². The highest BCUT2D eigenvalue weighted by Crippen LogP contribution is 2.32. The summed E-state index contributed by atoms with van der Waals surface area (Å²) in [5, 5.41) is 29.6. The second-order valence-corrected chi connectivity index (χ2v) is 4.66. The first-order chi connectivity index (χ1) is 9.11. The number of nitrogens with zero attached hydrogens (tertiary/aromatic N) is 1. The first kappa shape index (κ1) is 12.6. The molecule has 1 aliphatic heterocycles. The average molecular weight is 267 g/mol. The summed E-state index contributed by atoms with van der Waals surface area (Å²) in [7, 11) is 0. The normalized spacial score (nSPS) is 31.2. The van der Waals surface area contributed by atoms with Crippen molar-refractivity contribution in [2.75, 3.05) is 6.61 Å². The molecule has 1 aromatic heterocycles. The van der Waals surface area contributed by atoms with E-state index >= 15 is 0 Å². The molecule has 0 radical (unpaired) electrons. The van der Waals surface area contributed by atoms with E-state index in [9.17, 15) is 14.6 Å². The van der Waals surface area contributed by atoms with E-state index in [0.717, 1.165) is 5.39 Å². The largest absolute Gasteiger partial charge is 0.394 e.